The third-order valence-electron chi connectivity index (χ3n) is 2.15. The van der Waals surface area contributed by atoms with Gasteiger partial charge in [-0.25, -0.2) is 0 Å². The molecule has 3 nitrogen and oxygen atoms in total. The summed E-state index contributed by atoms with van der Waals surface area (Å²) in [6.45, 7) is 0.640. The fourth-order valence-corrected chi connectivity index (χ4v) is 1.37. The predicted octanol–water partition coefficient (Wildman–Crippen LogP) is 0.161. The first-order chi connectivity index (χ1) is 5.77. The lowest BCUT2D eigenvalue weighted by atomic mass is 9.95. The van der Waals surface area contributed by atoms with Crippen LogP contribution >= 0.6 is 0 Å². The number of terminal acetylenes is 1. The average molecular weight is 167 g/mol. The Bertz CT molecular complexity index is 199. The van der Waals surface area contributed by atoms with E-state index in [2.05, 4.69) is 16.0 Å². The van der Waals surface area contributed by atoms with Gasteiger partial charge in [-0.2, -0.15) is 0 Å². The Labute approximate surface area is 72.5 Å². The van der Waals surface area contributed by atoms with E-state index in [1.165, 1.54) is 7.11 Å². The van der Waals surface area contributed by atoms with Crippen LogP contribution in [0.3, 0.4) is 0 Å². The van der Waals surface area contributed by atoms with Crippen molar-refractivity contribution in [3.8, 4) is 12.3 Å². The molecule has 0 bridgehead atoms. The number of ether oxygens (including phenoxy) is 1. The van der Waals surface area contributed by atoms with Crippen molar-refractivity contribution in [2.24, 2.45) is 5.92 Å². The summed E-state index contributed by atoms with van der Waals surface area (Å²) in [5, 5.41) is 3.10. The lowest BCUT2D eigenvalue weighted by Crippen LogP contribution is -2.41. The largest absolute Gasteiger partial charge is 0.469 e. The molecule has 0 aromatic carbocycles. The number of methoxy groups -OCH3 is 1. The molecule has 0 spiro atoms. The molecule has 3 heteroatoms. The van der Waals surface area contributed by atoms with Crippen molar-refractivity contribution in [1.82, 2.24) is 5.32 Å². The van der Waals surface area contributed by atoms with Crippen molar-refractivity contribution in [3.63, 3.8) is 0 Å². The van der Waals surface area contributed by atoms with Crippen LogP contribution in [0.15, 0.2) is 0 Å². The Morgan fingerprint density at radius 3 is 2.83 bits per heavy atom. The van der Waals surface area contributed by atoms with Gasteiger partial charge in [-0.1, -0.05) is 5.92 Å². The molecule has 0 unspecified atom stereocenters. The Hall–Kier alpha value is -1.01. The number of hydrogen-bond donors (Lipinski definition) is 1. The van der Waals surface area contributed by atoms with Crippen LogP contribution in [0.5, 0.6) is 0 Å². The quantitative estimate of drug-likeness (QED) is 0.446. The summed E-state index contributed by atoms with van der Waals surface area (Å²) >= 11 is 0. The van der Waals surface area contributed by atoms with E-state index < -0.39 is 0 Å². The van der Waals surface area contributed by atoms with Crippen molar-refractivity contribution in [2.75, 3.05) is 13.7 Å². The van der Waals surface area contributed by atoms with Gasteiger partial charge in [0.25, 0.3) is 0 Å². The summed E-state index contributed by atoms with van der Waals surface area (Å²) in [7, 11) is 1.41. The van der Waals surface area contributed by atoms with Crippen molar-refractivity contribution in [2.45, 2.75) is 18.9 Å². The fourth-order valence-electron chi connectivity index (χ4n) is 1.37. The van der Waals surface area contributed by atoms with Crippen LogP contribution in [0.2, 0.25) is 0 Å². The van der Waals surface area contributed by atoms with Crippen molar-refractivity contribution in [1.29, 1.82) is 0 Å². The molecule has 1 heterocycles. The Balaban J connectivity index is 2.37. The third-order valence-corrected chi connectivity index (χ3v) is 2.15. The van der Waals surface area contributed by atoms with Gasteiger partial charge in [-0.3, -0.25) is 4.79 Å². The summed E-state index contributed by atoms with van der Waals surface area (Å²) in [6.07, 6.45) is 6.91. The molecule has 1 saturated heterocycles. The van der Waals surface area contributed by atoms with Gasteiger partial charge in [0, 0.05) is 6.54 Å². The second-order valence-electron chi connectivity index (χ2n) is 2.92. The maximum absolute atomic E-state index is 11.0. The third kappa shape index (κ3) is 1.99. The number of hydrogen-bond acceptors (Lipinski definition) is 3. The van der Waals surface area contributed by atoms with Crippen LogP contribution in [-0.2, 0) is 9.53 Å². The lowest BCUT2D eigenvalue weighted by molar-refractivity contribution is -0.146. The number of piperidine rings is 1. The Morgan fingerprint density at radius 2 is 2.42 bits per heavy atom. The highest BCUT2D eigenvalue weighted by atomic mass is 16.5. The lowest BCUT2D eigenvalue weighted by Gasteiger charge is -2.24. The van der Waals surface area contributed by atoms with Crippen LogP contribution in [0, 0.1) is 18.3 Å². The van der Waals surface area contributed by atoms with E-state index in [-0.39, 0.29) is 17.9 Å². The van der Waals surface area contributed by atoms with Crippen LogP contribution in [0.25, 0.3) is 0 Å². The molecule has 0 aliphatic carbocycles. The Morgan fingerprint density at radius 1 is 1.67 bits per heavy atom. The zero-order valence-corrected chi connectivity index (χ0v) is 7.17. The molecular weight excluding hydrogens is 154 g/mol. The van der Waals surface area contributed by atoms with E-state index in [4.69, 9.17) is 6.42 Å². The molecule has 1 aliphatic rings. The van der Waals surface area contributed by atoms with Crippen LogP contribution < -0.4 is 5.32 Å². The maximum atomic E-state index is 11.0. The van der Waals surface area contributed by atoms with Gasteiger partial charge in [-0.05, 0) is 12.8 Å². The molecule has 12 heavy (non-hydrogen) atoms. The van der Waals surface area contributed by atoms with Crippen LogP contribution in [-0.4, -0.2) is 25.7 Å². The summed E-state index contributed by atoms with van der Waals surface area (Å²) in [6, 6.07) is 0.130. The topological polar surface area (TPSA) is 38.3 Å². The van der Waals surface area contributed by atoms with E-state index >= 15 is 0 Å². The second kappa shape index (κ2) is 4.13. The van der Waals surface area contributed by atoms with E-state index in [1.807, 2.05) is 0 Å². The SMILES string of the molecule is C#C[C@@H]1CC[C@H](C(=O)OC)CN1. The van der Waals surface area contributed by atoms with Gasteiger partial charge in [-0.15, -0.1) is 6.42 Å². The number of carbonyl (C=O) groups excluding carboxylic acids is 1. The minimum atomic E-state index is -0.141. The normalized spacial score (nSPS) is 29.0. The van der Waals surface area contributed by atoms with Crippen molar-refractivity contribution < 1.29 is 9.53 Å². The minimum Gasteiger partial charge on any atom is -0.469 e. The first kappa shape index (κ1) is 9.08. The molecule has 1 N–H and O–H groups in total. The van der Waals surface area contributed by atoms with Gasteiger partial charge < -0.3 is 10.1 Å². The van der Waals surface area contributed by atoms with Crippen LogP contribution in [0.1, 0.15) is 12.8 Å². The number of rotatable bonds is 1. The second-order valence-corrected chi connectivity index (χ2v) is 2.92. The predicted molar refractivity (Wildman–Crippen MR) is 45.4 cm³/mol. The minimum absolute atomic E-state index is 0.0143. The van der Waals surface area contributed by atoms with Gasteiger partial charge in [0.2, 0.25) is 0 Å². The standard InChI is InChI=1S/C9H13NO2/c1-3-8-5-4-7(6-10-8)9(11)12-2/h1,7-8,10H,4-6H2,2H3/t7-,8+/m0/s1. The Kier molecular flexibility index (Phi) is 3.12. The highest BCUT2D eigenvalue weighted by Gasteiger charge is 2.25. The summed E-state index contributed by atoms with van der Waals surface area (Å²) < 4.78 is 4.63. The molecule has 0 amide bonds. The zero-order chi connectivity index (χ0) is 8.97. The highest BCUT2D eigenvalue weighted by Crippen LogP contribution is 2.14. The van der Waals surface area contributed by atoms with E-state index in [9.17, 15) is 4.79 Å². The average Bonchev–Trinajstić information content (AvgIpc) is 2.17. The van der Waals surface area contributed by atoms with Gasteiger partial charge in [0.05, 0.1) is 19.1 Å². The molecule has 0 radical (unpaired) electrons. The first-order valence-electron chi connectivity index (χ1n) is 4.05. The first-order valence-corrected chi connectivity index (χ1v) is 4.05. The molecule has 1 rings (SSSR count). The molecule has 66 valence electrons. The van der Waals surface area contributed by atoms with E-state index in [0.29, 0.717) is 6.54 Å². The van der Waals surface area contributed by atoms with E-state index in [0.717, 1.165) is 12.8 Å². The summed E-state index contributed by atoms with van der Waals surface area (Å²) in [4.78, 5) is 11.0. The monoisotopic (exact) mass is 167 g/mol. The molecule has 1 fully saturated rings. The molecule has 2 atom stereocenters. The number of esters is 1. The van der Waals surface area contributed by atoms with Gasteiger partial charge in [0.15, 0.2) is 0 Å². The van der Waals surface area contributed by atoms with E-state index in [1.54, 1.807) is 0 Å². The van der Waals surface area contributed by atoms with Gasteiger partial charge >= 0.3 is 5.97 Å². The molecular formula is C9H13NO2. The molecule has 0 aromatic heterocycles. The summed E-state index contributed by atoms with van der Waals surface area (Å²) in [5.41, 5.74) is 0. The van der Waals surface area contributed by atoms with Crippen molar-refractivity contribution >= 4 is 5.97 Å². The number of carbonyl (C=O) groups is 1. The highest BCUT2D eigenvalue weighted by molar-refractivity contribution is 5.72. The fraction of sp³-hybridized carbons (Fsp3) is 0.667. The van der Waals surface area contributed by atoms with Crippen LogP contribution in [0.4, 0.5) is 0 Å². The molecule has 1 aliphatic heterocycles. The van der Waals surface area contributed by atoms with Crippen molar-refractivity contribution in [3.05, 3.63) is 0 Å². The van der Waals surface area contributed by atoms with Gasteiger partial charge in [0.1, 0.15) is 0 Å². The number of nitrogens with one attached hydrogen (secondary N) is 1. The zero-order valence-electron chi connectivity index (χ0n) is 7.17. The maximum Gasteiger partial charge on any atom is 0.309 e. The molecule has 0 aromatic rings. The molecule has 0 saturated carbocycles. The summed E-state index contributed by atoms with van der Waals surface area (Å²) in [5.74, 6) is 2.46. The smallest absolute Gasteiger partial charge is 0.309 e.